The summed E-state index contributed by atoms with van der Waals surface area (Å²) in [5, 5.41) is 0. The summed E-state index contributed by atoms with van der Waals surface area (Å²) >= 11 is 0. The van der Waals surface area contributed by atoms with Gasteiger partial charge in [0.25, 0.3) is 0 Å². The molecule has 1 fully saturated rings. The maximum absolute atomic E-state index is 13.6. The van der Waals surface area contributed by atoms with Crippen LogP contribution >= 0.6 is 0 Å². The Labute approximate surface area is 223 Å². The molecule has 220 valence electrons. The minimum absolute atomic E-state index is 0.0864. The Hall–Kier alpha value is -2.80. The van der Waals surface area contributed by atoms with Crippen molar-refractivity contribution < 1.29 is 60.0 Å². The second kappa shape index (κ2) is 15.1. The Balaban J connectivity index is 1.71. The van der Waals surface area contributed by atoms with Gasteiger partial charge in [-0.3, -0.25) is 14.4 Å². The van der Waals surface area contributed by atoms with E-state index in [1.807, 2.05) is 13.8 Å². The second-order valence-electron chi connectivity index (χ2n) is 9.40. The average Bonchev–Trinajstić information content (AvgIpc) is 2.88. The summed E-state index contributed by atoms with van der Waals surface area (Å²) < 4.78 is 93.3. The van der Waals surface area contributed by atoms with Gasteiger partial charge in [0.15, 0.2) is 6.29 Å². The van der Waals surface area contributed by atoms with Crippen molar-refractivity contribution in [1.29, 1.82) is 0 Å². The van der Waals surface area contributed by atoms with E-state index in [0.29, 0.717) is 25.9 Å². The smallest absolute Gasteiger partial charge is 0.311 e. The summed E-state index contributed by atoms with van der Waals surface area (Å²) in [6.07, 6.45) is 0.724. The first kappa shape index (κ1) is 32.4. The van der Waals surface area contributed by atoms with Gasteiger partial charge < -0.3 is 23.7 Å². The van der Waals surface area contributed by atoms with E-state index in [1.165, 1.54) is 13.8 Å². The van der Waals surface area contributed by atoms with Crippen LogP contribution in [-0.2, 0) is 33.3 Å². The fourth-order valence-electron chi connectivity index (χ4n) is 4.10. The van der Waals surface area contributed by atoms with Crippen LogP contribution in [0.2, 0.25) is 0 Å². The minimum atomic E-state index is -2.33. The Morgan fingerprint density at radius 3 is 1.92 bits per heavy atom. The van der Waals surface area contributed by atoms with Crippen LogP contribution in [0.3, 0.4) is 0 Å². The SMILES string of the molecule is CC(=O)OCC1O[C@@H](OCCCCCCCC(=O)Oc2c(F)c(F)c(F)c(F)c2F)C(C)[C@@H](C)[C@H]1OC(C)=O. The molecule has 0 saturated carbocycles. The molecule has 1 aromatic carbocycles. The van der Waals surface area contributed by atoms with Gasteiger partial charge in [0, 0.05) is 38.7 Å². The van der Waals surface area contributed by atoms with Gasteiger partial charge in [-0.05, 0) is 12.8 Å². The number of carbonyl (C=O) groups is 3. The third-order valence-corrected chi connectivity index (χ3v) is 6.40. The van der Waals surface area contributed by atoms with Crippen molar-refractivity contribution in [3.8, 4) is 5.75 Å². The normalized spacial score (nSPS) is 22.8. The quantitative estimate of drug-likeness (QED) is 0.0807. The molecule has 1 heterocycles. The maximum Gasteiger partial charge on any atom is 0.311 e. The van der Waals surface area contributed by atoms with Crippen molar-refractivity contribution in [2.24, 2.45) is 11.8 Å². The van der Waals surface area contributed by atoms with Gasteiger partial charge in [0.1, 0.15) is 18.8 Å². The van der Waals surface area contributed by atoms with E-state index in [0.717, 1.165) is 6.42 Å². The van der Waals surface area contributed by atoms with Gasteiger partial charge in [0.2, 0.25) is 34.8 Å². The molecule has 2 unspecified atom stereocenters. The fraction of sp³-hybridized carbons (Fsp3) is 0.654. The van der Waals surface area contributed by atoms with Crippen molar-refractivity contribution in [3.05, 3.63) is 29.1 Å². The number of unbranched alkanes of at least 4 members (excludes halogenated alkanes) is 4. The Morgan fingerprint density at radius 1 is 0.769 bits per heavy atom. The summed E-state index contributed by atoms with van der Waals surface area (Å²) in [7, 11) is 0. The third-order valence-electron chi connectivity index (χ3n) is 6.40. The monoisotopic (exact) mass is 568 g/mol. The van der Waals surface area contributed by atoms with Crippen molar-refractivity contribution >= 4 is 17.9 Å². The second-order valence-corrected chi connectivity index (χ2v) is 9.40. The van der Waals surface area contributed by atoms with Crippen LogP contribution < -0.4 is 4.74 Å². The molecule has 13 heteroatoms. The molecule has 1 aliphatic heterocycles. The van der Waals surface area contributed by atoms with E-state index in [2.05, 4.69) is 4.74 Å². The fourth-order valence-corrected chi connectivity index (χ4v) is 4.10. The predicted molar refractivity (Wildman–Crippen MR) is 125 cm³/mol. The van der Waals surface area contributed by atoms with E-state index < -0.39 is 71.2 Å². The van der Waals surface area contributed by atoms with Crippen LogP contribution in [0.25, 0.3) is 0 Å². The molecule has 5 atom stereocenters. The minimum Gasteiger partial charge on any atom is -0.463 e. The summed E-state index contributed by atoms with van der Waals surface area (Å²) in [5.74, 6) is -15.1. The maximum atomic E-state index is 13.6. The van der Waals surface area contributed by atoms with Crippen LogP contribution in [0.4, 0.5) is 22.0 Å². The van der Waals surface area contributed by atoms with Crippen LogP contribution in [-0.4, -0.2) is 49.6 Å². The Kier molecular flexibility index (Phi) is 12.6. The molecule has 0 aliphatic carbocycles. The first-order valence-corrected chi connectivity index (χ1v) is 12.6. The number of rotatable bonds is 13. The molecule has 0 N–H and O–H groups in total. The zero-order valence-corrected chi connectivity index (χ0v) is 22.2. The summed E-state index contributed by atoms with van der Waals surface area (Å²) in [6.45, 7) is 6.62. The molecule has 0 amide bonds. The van der Waals surface area contributed by atoms with Crippen molar-refractivity contribution in [3.63, 3.8) is 0 Å². The summed E-state index contributed by atoms with van der Waals surface area (Å²) in [6, 6.07) is 0. The number of benzene rings is 1. The molecule has 0 radical (unpaired) electrons. The molecule has 1 saturated heterocycles. The number of hydrogen-bond acceptors (Lipinski definition) is 8. The van der Waals surface area contributed by atoms with Crippen LogP contribution in [0.15, 0.2) is 0 Å². The van der Waals surface area contributed by atoms with Gasteiger partial charge in [-0.1, -0.05) is 33.1 Å². The lowest BCUT2D eigenvalue weighted by atomic mass is 9.84. The third kappa shape index (κ3) is 9.13. The molecule has 2 rings (SSSR count). The zero-order valence-electron chi connectivity index (χ0n) is 22.2. The largest absolute Gasteiger partial charge is 0.463 e. The molecule has 8 nitrogen and oxygen atoms in total. The van der Waals surface area contributed by atoms with Gasteiger partial charge in [-0.2, -0.15) is 8.78 Å². The molecular formula is C26H33F5O8. The highest BCUT2D eigenvalue weighted by molar-refractivity contribution is 5.72. The molecule has 1 aromatic rings. The highest BCUT2D eigenvalue weighted by Crippen LogP contribution is 2.34. The molecule has 0 spiro atoms. The Morgan fingerprint density at radius 2 is 1.33 bits per heavy atom. The molecule has 1 aliphatic rings. The van der Waals surface area contributed by atoms with E-state index in [1.54, 1.807) is 0 Å². The predicted octanol–water partition coefficient (Wildman–Crippen LogP) is 5.14. The summed E-state index contributed by atoms with van der Waals surface area (Å²) in [5.41, 5.74) is 0. The Bertz CT molecular complexity index is 992. The summed E-state index contributed by atoms with van der Waals surface area (Å²) in [4.78, 5) is 34.6. The van der Waals surface area contributed by atoms with Crippen LogP contribution in [0, 0.1) is 40.9 Å². The first-order chi connectivity index (χ1) is 18.3. The number of hydrogen-bond donors (Lipinski definition) is 0. The lowest BCUT2D eigenvalue weighted by Crippen LogP contribution is -2.53. The number of ether oxygens (including phenoxy) is 5. The van der Waals surface area contributed by atoms with E-state index in [-0.39, 0.29) is 31.3 Å². The molecular weight excluding hydrogens is 535 g/mol. The molecule has 0 bridgehead atoms. The lowest BCUT2D eigenvalue weighted by Gasteiger charge is -2.43. The van der Waals surface area contributed by atoms with E-state index in [9.17, 15) is 36.3 Å². The van der Waals surface area contributed by atoms with Crippen molar-refractivity contribution in [2.75, 3.05) is 13.2 Å². The van der Waals surface area contributed by atoms with Crippen LogP contribution in [0.5, 0.6) is 5.75 Å². The van der Waals surface area contributed by atoms with E-state index in [4.69, 9.17) is 18.9 Å². The first-order valence-electron chi connectivity index (χ1n) is 12.6. The van der Waals surface area contributed by atoms with Gasteiger partial charge in [-0.15, -0.1) is 0 Å². The highest BCUT2D eigenvalue weighted by atomic mass is 19.2. The van der Waals surface area contributed by atoms with Crippen molar-refractivity contribution in [1.82, 2.24) is 0 Å². The van der Waals surface area contributed by atoms with Gasteiger partial charge in [0.05, 0.1) is 0 Å². The zero-order chi connectivity index (χ0) is 29.3. The molecule has 39 heavy (non-hydrogen) atoms. The molecule has 0 aromatic heterocycles. The highest BCUT2D eigenvalue weighted by Gasteiger charge is 2.44. The lowest BCUT2D eigenvalue weighted by molar-refractivity contribution is -0.273. The number of carbonyl (C=O) groups excluding carboxylic acids is 3. The van der Waals surface area contributed by atoms with Gasteiger partial charge >= 0.3 is 17.9 Å². The van der Waals surface area contributed by atoms with Crippen molar-refractivity contribution in [2.45, 2.75) is 84.7 Å². The number of esters is 3. The topological polar surface area (TPSA) is 97.4 Å². The standard InChI is InChI=1S/C26H33F5O8/c1-13-14(2)26(38-17(12-36-15(3)32)24(13)37-16(4)33)35-11-9-7-5-6-8-10-18(34)39-25-22(30)20(28)19(27)21(29)23(25)31/h13-14,17,24,26H,5-12H2,1-4H3/t13-,14?,17?,24-,26-/m1/s1. The van der Waals surface area contributed by atoms with Gasteiger partial charge in [-0.25, -0.2) is 13.2 Å². The average molecular weight is 569 g/mol. The van der Waals surface area contributed by atoms with Crippen LogP contribution in [0.1, 0.15) is 66.2 Å². The van der Waals surface area contributed by atoms with E-state index >= 15 is 0 Å². The number of halogens is 5.